The van der Waals surface area contributed by atoms with Crippen LogP contribution >= 0.6 is 0 Å². The van der Waals surface area contributed by atoms with Gasteiger partial charge < -0.3 is 16.0 Å². The number of rotatable bonds is 3. The third-order valence-electron chi connectivity index (χ3n) is 2.96. The molecule has 1 heterocycles. The maximum absolute atomic E-state index is 11.6. The third kappa shape index (κ3) is 2.79. The molecule has 0 aromatic heterocycles. The minimum Gasteiger partial charge on any atom is -0.397 e. The molecule has 0 atom stereocenters. The molecule has 1 saturated heterocycles. The molecule has 1 aromatic rings. The number of sulfonamides is 1. The van der Waals surface area contributed by atoms with Gasteiger partial charge in [0.2, 0.25) is 15.9 Å². The van der Waals surface area contributed by atoms with Gasteiger partial charge >= 0.3 is 0 Å². The first-order chi connectivity index (χ1) is 8.94. The van der Waals surface area contributed by atoms with E-state index in [0.717, 1.165) is 0 Å². The van der Waals surface area contributed by atoms with Crippen LogP contribution in [0.4, 0.5) is 11.4 Å². The highest BCUT2D eigenvalue weighted by Crippen LogP contribution is 2.26. The zero-order valence-corrected chi connectivity index (χ0v) is 11.3. The van der Waals surface area contributed by atoms with Crippen LogP contribution in [0.5, 0.6) is 0 Å². The minimum absolute atomic E-state index is 0.0717. The van der Waals surface area contributed by atoms with Gasteiger partial charge in [0.15, 0.2) is 0 Å². The van der Waals surface area contributed by atoms with Crippen molar-refractivity contribution in [1.29, 1.82) is 0 Å². The van der Waals surface area contributed by atoms with E-state index < -0.39 is 10.0 Å². The predicted octanol–water partition coefficient (Wildman–Crippen LogP) is -0.887. The average molecular weight is 284 g/mol. The van der Waals surface area contributed by atoms with Crippen molar-refractivity contribution < 1.29 is 13.2 Å². The van der Waals surface area contributed by atoms with Gasteiger partial charge in [-0.1, -0.05) is 0 Å². The lowest BCUT2D eigenvalue weighted by atomic mass is 10.2. The largest absolute Gasteiger partial charge is 0.397 e. The summed E-state index contributed by atoms with van der Waals surface area (Å²) in [4.78, 5) is 13.3. The number of amides is 1. The molecule has 104 valence electrons. The first-order valence-corrected chi connectivity index (χ1v) is 7.27. The number of hydrogen-bond acceptors (Lipinski definition) is 5. The van der Waals surface area contributed by atoms with Crippen LogP contribution in [0.3, 0.4) is 0 Å². The molecular weight excluding hydrogens is 268 g/mol. The second kappa shape index (κ2) is 5.06. The zero-order chi connectivity index (χ0) is 14.0. The molecule has 8 heteroatoms. The molecule has 0 bridgehead atoms. The van der Waals surface area contributed by atoms with Crippen LogP contribution in [0.1, 0.15) is 0 Å². The number of hydrogen-bond donors (Lipinski definition) is 3. The lowest BCUT2D eigenvalue weighted by Gasteiger charge is -2.29. The van der Waals surface area contributed by atoms with Crippen molar-refractivity contribution in [3.8, 4) is 0 Å². The molecule has 0 aliphatic carbocycles. The summed E-state index contributed by atoms with van der Waals surface area (Å²) in [6, 6.07) is 4.50. The molecule has 1 aromatic carbocycles. The van der Waals surface area contributed by atoms with Gasteiger partial charge in [-0.3, -0.25) is 4.79 Å². The normalized spacial score (nSPS) is 16.3. The topological polar surface area (TPSA) is 105 Å². The van der Waals surface area contributed by atoms with Crippen LogP contribution in [-0.4, -0.2) is 41.0 Å². The lowest BCUT2D eigenvalue weighted by Crippen LogP contribution is -2.47. The van der Waals surface area contributed by atoms with Crippen molar-refractivity contribution in [2.24, 2.45) is 0 Å². The molecule has 1 fully saturated rings. The van der Waals surface area contributed by atoms with Gasteiger partial charge in [0.25, 0.3) is 0 Å². The summed E-state index contributed by atoms with van der Waals surface area (Å²) in [6.45, 7) is 1.42. The monoisotopic (exact) mass is 284 g/mol. The summed E-state index contributed by atoms with van der Waals surface area (Å²) in [6.07, 6.45) is 0. The maximum Gasteiger partial charge on any atom is 0.240 e. The molecule has 0 unspecified atom stereocenters. The number of piperazine rings is 1. The standard InChI is InChI=1S/C11H16N4O3S/c1-13-19(17,18)8-2-3-10(9(12)6-8)15-5-4-14-11(16)7-15/h2-3,6,13H,4-5,7,12H2,1H3,(H,14,16). The van der Waals surface area contributed by atoms with Crippen molar-refractivity contribution in [1.82, 2.24) is 10.0 Å². The van der Waals surface area contributed by atoms with Crippen molar-refractivity contribution >= 4 is 27.3 Å². The molecule has 7 nitrogen and oxygen atoms in total. The SMILES string of the molecule is CNS(=O)(=O)c1ccc(N2CCNC(=O)C2)c(N)c1. The van der Waals surface area contributed by atoms with E-state index in [9.17, 15) is 13.2 Å². The van der Waals surface area contributed by atoms with E-state index in [0.29, 0.717) is 24.5 Å². The van der Waals surface area contributed by atoms with Crippen LogP contribution in [-0.2, 0) is 14.8 Å². The van der Waals surface area contributed by atoms with Crippen molar-refractivity contribution in [3.05, 3.63) is 18.2 Å². The molecule has 1 amide bonds. The fourth-order valence-electron chi connectivity index (χ4n) is 1.95. The van der Waals surface area contributed by atoms with E-state index in [1.807, 2.05) is 4.90 Å². The van der Waals surface area contributed by atoms with E-state index in [1.165, 1.54) is 19.2 Å². The zero-order valence-electron chi connectivity index (χ0n) is 10.5. The summed E-state index contributed by atoms with van der Waals surface area (Å²) < 4.78 is 25.5. The van der Waals surface area contributed by atoms with Gasteiger partial charge in [0.1, 0.15) is 0 Å². The predicted molar refractivity (Wildman–Crippen MR) is 72.3 cm³/mol. The number of nitrogens with zero attached hydrogens (tertiary/aromatic N) is 1. The molecule has 1 aliphatic rings. The Bertz CT molecular complexity index is 600. The van der Waals surface area contributed by atoms with Crippen LogP contribution in [0.15, 0.2) is 23.1 Å². The van der Waals surface area contributed by atoms with Crippen molar-refractivity contribution in [3.63, 3.8) is 0 Å². The highest BCUT2D eigenvalue weighted by Gasteiger charge is 2.20. The van der Waals surface area contributed by atoms with Gasteiger partial charge in [-0.2, -0.15) is 0 Å². The highest BCUT2D eigenvalue weighted by molar-refractivity contribution is 7.89. The summed E-state index contributed by atoms with van der Waals surface area (Å²) in [5.74, 6) is -0.0717. The second-order valence-electron chi connectivity index (χ2n) is 4.20. The number of benzene rings is 1. The Morgan fingerprint density at radius 2 is 2.16 bits per heavy atom. The number of nitrogens with two attached hydrogens (primary N) is 1. The molecule has 4 N–H and O–H groups in total. The minimum atomic E-state index is -3.51. The molecule has 0 radical (unpaired) electrons. The Balaban J connectivity index is 2.32. The van der Waals surface area contributed by atoms with E-state index in [-0.39, 0.29) is 17.3 Å². The first kappa shape index (κ1) is 13.6. The molecule has 0 saturated carbocycles. The number of anilines is 2. The van der Waals surface area contributed by atoms with Gasteiger partial charge in [0, 0.05) is 13.1 Å². The summed E-state index contributed by atoms with van der Waals surface area (Å²) in [5, 5.41) is 2.72. The molecule has 0 spiro atoms. The Kier molecular flexibility index (Phi) is 3.63. The van der Waals surface area contributed by atoms with Gasteiger partial charge in [-0.05, 0) is 25.2 Å². The first-order valence-electron chi connectivity index (χ1n) is 5.79. The molecular formula is C11H16N4O3S. The van der Waals surface area contributed by atoms with Crippen molar-refractivity contribution in [2.75, 3.05) is 37.3 Å². The van der Waals surface area contributed by atoms with Crippen molar-refractivity contribution in [2.45, 2.75) is 4.90 Å². The number of carbonyl (C=O) groups excluding carboxylic acids is 1. The van der Waals surface area contributed by atoms with Crippen LogP contribution in [0, 0.1) is 0 Å². The lowest BCUT2D eigenvalue weighted by molar-refractivity contribution is -0.120. The summed E-state index contributed by atoms with van der Waals surface area (Å²) in [5.41, 5.74) is 6.89. The van der Waals surface area contributed by atoms with E-state index in [4.69, 9.17) is 5.73 Å². The van der Waals surface area contributed by atoms with Crippen LogP contribution in [0.2, 0.25) is 0 Å². The number of nitrogens with one attached hydrogen (secondary N) is 2. The maximum atomic E-state index is 11.6. The fraction of sp³-hybridized carbons (Fsp3) is 0.364. The smallest absolute Gasteiger partial charge is 0.240 e. The van der Waals surface area contributed by atoms with Gasteiger partial charge in [-0.15, -0.1) is 0 Å². The average Bonchev–Trinajstić information content (AvgIpc) is 2.38. The van der Waals surface area contributed by atoms with Gasteiger partial charge in [-0.25, -0.2) is 13.1 Å². The molecule has 2 rings (SSSR count). The summed E-state index contributed by atoms with van der Waals surface area (Å²) in [7, 11) is -2.17. The Morgan fingerprint density at radius 1 is 1.42 bits per heavy atom. The van der Waals surface area contributed by atoms with Crippen LogP contribution in [0.25, 0.3) is 0 Å². The third-order valence-corrected chi connectivity index (χ3v) is 4.37. The van der Waals surface area contributed by atoms with E-state index >= 15 is 0 Å². The second-order valence-corrected chi connectivity index (χ2v) is 6.09. The fourth-order valence-corrected chi connectivity index (χ4v) is 2.71. The van der Waals surface area contributed by atoms with Crippen LogP contribution < -0.4 is 20.7 Å². The quantitative estimate of drug-likeness (QED) is 0.625. The van der Waals surface area contributed by atoms with E-state index in [2.05, 4.69) is 10.0 Å². The molecule has 1 aliphatic heterocycles. The number of carbonyl (C=O) groups is 1. The Hall–Kier alpha value is -1.80. The summed E-state index contributed by atoms with van der Waals surface area (Å²) >= 11 is 0. The molecule has 19 heavy (non-hydrogen) atoms. The number of nitrogen functional groups attached to an aromatic ring is 1. The highest BCUT2D eigenvalue weighted by atomic mass is 32.2. The van der Waals surface area contributed by atoms with E-state index in [1.54, 1.807) is 6.07 Å². The Labute approximate surface area is 111 Å². The van der Waals surface area contributed by atoms with Gasteiger partial charge in [0.05, 0.1) is 22.8 Å². The Morgan fingerprint density at radius 3 is 2.74 bits per heavy atom.